The van der Waals surface area contributed by atoms with Crippen molar-refractivity contribution in [2.45, 2.75) is 0 Å². The summed E-state index contributed by atoms with van der Waals surface area (Å²) in [4.78, 5) is 2.47. The molecule has 0 spiro atoms. The van der Waals surface area contributed by atoms with Crippen molar-refractivity contribution in [1.82, 2.24) is 0 Å². The Bertz CT molecular complexity index is 2470. The number of thiophene rings is 1. The molecule has 0 N–H and O–H groups in total. The van der Waals surface area contributed by atoms with Gasteiger partial charge in [0.15, 0.2) is 0 Å². The van der Waals surface area contributed by atoms with Gasteiger partial charge in [0.25, 0.3) is 0 Å². The van der Waals surface area contributed by atoms with Crippen LogP contribution in [0, 0.1) is 0 Å². The molecule has 0 fully saturated rings. The maximum Gasteiger partial charge on any atom is 0.0547 e. The molecular formula is C40H25NS. The van der Waals surface area contributed by atoms with E-state index in [0.29, 0.717) is 0 Å². The molecule has 1 nitrogen and oxygen atoms in total. The molecule has 0 aliphatic carbocycles. The third-order valence-electron chi connectivity index (χ3n) is 8.57. The van der Waals surface area contributed by atoms with Crippen LogP contribution in [0.15, 0.2) is 152 Å². The second-order valence-corrected chi connectivity index (χ2v) is 12.0. The molecule has 0 saturated carbocycles. The molecule has 0 unspecified atom stereocenters. The number of hydrogen-bond donors (Lipinski definition) is 0. The highest BCUT2D eigenvalue weighted by atomic mass is 32.1. The average molecular weight is 552 g/mol. The van der Waals surface area contributed by atoms with Crippen LogP contribution in [0.1, 0.15) is 0 Å². The molecule has 0 bridgehead atoms. The smallest absolute Gasteiger partial charge is 0.0547 e. The van der Waals surface area contributed by atoms with Crippen molar-refractivity contribution in [1.29, 1.82) is 0 Å². The van der Waals surface area contributed by atoms with Gasteiger partial charge in [0.1, 0.15) is 0 Å². The summed E-state index contributed by atoms with van der Waals surface area (Å²) >= 11 is 1.90. The van der Waals surface area contributed by atoms with Gasteiger partial charge in [-0.2, -0.15) is 0 Å². The normalized spacial score (nSPS) is 11.8. The number of anilines is 3. The van der Waals surface area contributed by atoms with Crippen LogP contribution < -0.4 is 4.90 Å². The quantitative estimate of drug-likeness (QED) is 0.197. The molecule has 1 aromatic heterocycles. The number of hydrogen-bond acceptors (Lipinski definition) is 2. The zero-order chi connectivity index (χ0) is 27.6. The van der Waals surface area contributed by atoms with Gasteiger partial charge in [0.05, 0.1) is 11.4 Å². The standard InChI is InChI=1S/C40H25NS/c1-2-15-29(16-3-1)41(37-23-28-14-6-7-17-30(28)31-18-8-9-19-32(31)37)38-25-36-35-22-26-12-4-5-13-27(26)24-39(35)42-40(36)34-21-11-10-20-33(34)38/h1-25H. The van der Waals surface area contributed by atoms with Crippen molar-refractivity contribution < 1.29 is 0 Å². The van der Waals surface area contributed by atoms with Gasteiger partial charge in [-0.25, -0.2) is 0 Å². The molecule has 0 aliphatic rings. The fourth-order valence-corrected chi connectivity index (χ4v) is 7.90. The van der Waals surface area contributed by atoms with E-state index in [4.69, 9.17) is 0 Å². The lowest BCUT2D eigenvalue weighted by Gasteiger charge is -2.29. The van der Waals surface area contributed by atoms with Crippen LogP contribution in [-0.2, 0) is 0 Å². The largest absolute Gasteiger partial charge is 0.309 e. The van der Waals surface area contributed by atoms with Crippen LogP contribution in [-0.4, -0.2) is 0 Å². The lowest BCUT2D eigenvalue weighted by atomic mass is 9.97. The van der Waals surface area contributed by atoms with Crippen LogP contribution in [0.4, 0.5) is 17.1 Å². The fraction of sp³-hybridized carbons (Fsp3) is 0. The van der Waals surface area contributed by atoms with Gasteiger partial charge in [0.2, 0.25) is 0 Å². The SMILES string of the molecule is c1ccc(N(c2cc3ccccc3c3ccccc23)c2cc3c4cc5ccccc5cc4sc3c3ccccc23)cc1. The molecule has 9 rings (SSSR count). The first-order valence-corrected chi connectivity index (χ1v) is 15.2. The average Bonchev–Trinajstić information content (AvgIpc) is 3.42. The molecular weight excluding hydrogens is 527 g/mol. The molecule has 8 aromatic carbocycles. The minimum absolute atomic E-state index is 1.15. The Morgan fingerprint density at radius 1 is 0.357 bits per heavy atom. The minimum Gasteiger partial charge on any atom is -0.309 e. The van der Waals surface area contributed by atoms with Crippen LogP contribution >= 0.6 is 11.3 Å². The van der Waals surface area contributed by atoms with Gasteiger partial charge in [-0.1, -0.05) is 115 Å². The van der Waals surface area contributed by atoms with Crippen LogP contribution in [0.2, 0.25) is 0 Å². The number of nitrogens with zero attached hydrogens (tertiary/aromatic N) is 1. The van der Waals surface area contributed by atoms with E-state index in [1.807, 2.05) is 11.3 Å². The molecule has 0 saturated heterocycles. The van der Waals surface area contributed by atoms with Gasteiger partial charge in [0, 0.05) is 42.0 Å². The maximum atomic E-state index is 2.47. The third-order valence-corrected chi connectivity index (χ3v) is 9.77. The minimum atomic E-state index is 1.15. The van der Waals surface area contributed by atoms with E-state index in [0.717, 1.165) is 5.69 Å². The van der Waals surface area contributed by atoms with Gasteiger partial charge in [-0.15, -0.1) is 11.3 Å². The monoisotopic (exact) mass is 551 g/mol. The van der Waals surface area contributed by atoms with E-state index in [2.05, 4.69) is 157 Å². The van der Waals surface area contributed by atoms with E-state index in [1.165, 1.54) is 74.6 Å². The summed E-state index contributed by atoms with van der Waals surface area (Å²) in [6, 6.07) is 55.5. The molecule has 196 valence electrons. The van der Waals surface area contributed by atoms with Crippen molar-refractivity contribution in [3.8, 4) is 0 Å². The summed E-state index contributed by atoms with van der Waals surface area (Å²) in [6.45, 7) is 0. The molecule has 0 radical (unpaired) electrons. The Hall–Kier alpha value is -5.18. The summed E-state index contributed by atoms with van der Waals surface area (Å²) in [5.74, 6) is 0. The van der Waals surface area contributed by atoms with Crippen molar-refractivity contribution in [3.63, 3.8) is 0 Å². The van der Waals surface area contributed by atoms with Crippen LogP contribution in [0.5, 0.6) is 0 Å². The van der Waals surface area contributed by atoms with Gasteiger partial charge >= 0.3 is 0 Å². The van der Waals surface area contributed by atoms with E-state index < -0.39 is 0 Å². The van der Waals surface area contributed by atoms with Crippen molar-refractivity contribution >= 4 is 91.7 Å². The third kappa shape index (κ3) is 3.49. The lowest BCUT2D eigenvalue weighted by molar-refractivity contribution is 1.32. The van der Waals surface area contributed by atoms with Crippen LogP contribution in [0.25, 0.3) is 63.3 Å². The summed E-state index contributed by atoms with van der Waals surface area (Å²) < 4.78 is 2.67. The van der Waals surface area contributed by atoms with E-state index >= 15 is 0 Å². The number of fused-ring (bicyclic) bond motifs is 9. The molecule has 42 heavy (non-hydrogen) atoms. The second kappa shape index (κ2) is 9.17. The first-order valence-electron chi connectivity index (χ1n) is 14.4. The fourth-order valence-electron chi connectivity index (χ4n) is 6.65. The first-order chi connectivity index (χ1) is 20.8. The molecule has 0 aliphatic heterocycles. The predicted molar refractivity (Wildman–Crippen MR) is 184 cm³/mol. The topological polar surface area (TPSA) is 3.24 Å². The summed E-state index contributed by atoms with van der Waals surface area (Å²) in [6.07, 6.45) is 0. The predicted octanol–water partition coefficient (Wildman–Crippen LogP) is 12.1. The number of para-hydroxylation sites is 1. The highest BCUT2D eigenvalue weighted by Gasteiger charge is 2.21. The Labute approximate surface area is 247 Å². The zero-order valence-corrected chi connectivity index (χ0v) is 23.6. The Morgan fingerprint density at radius 3 is 1.67 bits per heavy atom. The second-order valence-electron chi connectivity index (χ2n) is 10.9. The van der Waals surface area contributed by atoms with Crippen molar-refractivity contribution in [3.05, 3.63) is 152 Å². The highest BCUT2D eigenvalue weighted by molar-refractivity contribution is 7.26. The van der Waals surface area contributed by atoms with E-state index in [9.17, 15) is 0 Å². The highest BCUT2D eigenvalue weighted by Crippen LogP contribution is 2.48. The summed E-state index contributed by atoms with van der Waals surface area (Å²) in [5.41, 5.74) is 3.52. The molecule has 1 heterocycles. The Kier molecular flexibility index (Phi) is 5.13. The van der Waals surface area contributed by atoms with Crippen molar-refractivity contribution in [2.24, 2.45) is 0 Å². The van der Waals surface area contributed by atoms with Crippen LogP contribution in [0.3, 0.4) is 0 Å². The Balaban J connectivity index is 1.44. The first kappa shape index (κ1) is 23.5. The van der Waals surface area contributed by atoms with Gasteiger partial charge in [-0.3, -0.25) is 0 Å². The molecule has 9 aromatic rings. The van der Waals surface area contributed by atoms with Gasteiger partial charge in [-0.05, 0) is 63.3 Å². The molecule has 2 heteroatoms. The zero-order valence-electron chi connectivity index (χ0n) is 22.8. The van der Waals surface area contributed by atoms with Crippen molar-refractivity contribution in [2.75, 3.05) is 4.90 Å². The van der Waals surface area contributed by atoms with E-state index in [1.54, 1.807) is 0 Å². The van der Waals surface area contributed by atoms with E-state index in [-0.39, 0.29) is 0 Å². The summed E-state index contributed by atoms with van der Waals surface area (Å²) in [5, 5.41) is 12.8. The van der Waals surface area contributed by atoms with Gasteiger partial charge < -0.3 is 4.90 Å². The summed E-state index contributed by atoms with van der Waals surface area (Å²) in [7, 11) is 0. The maximum absolute atomic E-state index is 2.47. The number of benzene rings is 8. The molecule has 0 amide bonds. The lowest BCUT2D eigenvalue weighted by Crippen LogP contribution is -2.11. The molecule has 0 atom stereocenters. The Morgan fingerprint density at radius 2 is 0.905 bits per heavy atom. The number of rotatable bonds is 3.